The van der Waals surface area contributed by atoms with Gasteiger partial charge in [-0.1, -0.05) is 49.7 Å². The Balaban J connectivity index is 2.29. The minimum Gasteiger partial charge on any atom is -0.319 e. The van der Waals surface area contributed by atoms with Gasteiger partial charge in [-0.3, -0.25) is 4.98 Å². The number of halogens is 1. The SMILES string of the molecule is CC(C)c1ccc(C(N)c2ncccc2Cl)cc1. The summed E-state index contributed by atoms with van der Waals surface area (Å²) < 4.78 is 0. The molecule has 1 atom stereocenters. The molecule has 0 aliphatic heterocycles. The molecule has 0 saturated carbocycles. The Morgan fingerprint density at radius 2 is 1.67 bits per heavy atom. The van der Waals surface area contributed by atoms with Crippen molar-refractivity contribution in [3.63, 3.8) is 0 Å². The first kappa shape index (κ1) is 13.1. The van der Waals surface area contributed by atoms with Crippen molar-refractivity contribution in [1.29, 1.82) is 0 Å². The second-order valence-electron chi connectivity index (χ2n) is 4.67. The maximum atomic E-state index is 6.20. The van der Waals surface area contributed by atoms with Crippen LogP contribution >= 0.6 is 11.6 Å². The van der Waals surface area contributed by atoms with E-state index in [1.165, 1.54) is 5.56 Å². The molecule has 0 saturated heterocycles. The number of aromatic nitrogens is 1. The minimum absolute atomic E-state index is 0.278. The van der Waals surface area contributed by atoms with E-state index in [4.69, 9.17) is 17.3 Å². The van der Waals surface area contributed by atoms with E-state index in [2.05, 4.69) is 31.0 Å². The quantitative estimate of drug-likeness (QED) is 0.909. The van der Waals surface area contributed by atoms with Crippen molar-refractivity contribution >= 4 is 11.6 Å². The molecule has 94 valence electrons. The lowest BCUT2D eigenvalue weighted by Crippen LogP contribution is -2.14. The maximum Gasteiger partial charge on any atom is 0.0802 e. The van der Waals surface area contributed by atoms with Gasteiger partial charge in [0.25, 0.3) is 0 Å². The highest BCUT2D eigenvalue weighted by molar-refractivity contribution is 6.31. The predicted molar refractivity (Wildman–Crippen MR) is 75.8 cm³/mol. The van der Waals surface area contributed by atoms with Crippen molar-refractivity contribution < 1.29 is 0 Å². The minimum atomic E-state index is -0.278. The number of nitrogens with zero attached hydrogens (tertiary/aromatic N) is 1. The molecule has 2 rings (SSSR count). The summed E-state index contributed by atoms with van der Waals surface area (Å²) in [6.45, 7) is 4.34. The molecule has 1 unspecified atom stereocenters. The van der Waals surface area contributed by atoms with Crippen molar-refractivity contribution in [3.05, 3.63) is 64.4 Å². The number of pyridine rings is 1. The summed E-state index contributed by atoms with van der Waals surface area (Å²) in [7, 11) is 0. The Morgan fingerprint density at radius 1 is 1.06 bits per heavy atom. The van der Waals surface area contributed by atoms with Gasteiger partial charge in [-0.2, -0.15) is 0 Å². The van der Waals surface area contributed by atoms with Crippen LogP contribution in [0.25, 0.3) is 0 Å². The molecule has 0 aliphatic carbocycles. The van der Waals surface area contributed by atoms with Crippen LogP contribution in [-0.2, 0) is 0 Å². The third-order valence-corrected chi connectivity index (χ3v) is 3.36. The highest BCUT2D eigenvalue weighted by Crippen LogP contribution is 2.25. The van der Waals surface area contributed by atoms with Crippen LogP contribution in [0.2, 0.25) is 5.02 Å². The number of hydrogen-bond acceptors (Lipinski definition) is 2. The third kappa shape index (κ3) is 2.71. The second kappa shape index (κ2) is 5.51. The molecule has 0 radical (unpaired) electrons. The fraction of sp³-hybridized carbons (Fsp3) is 0.267. The molecule has 1 heterocycles. The fourth-order valence-electron chi connectivity index (χ4n) is 1.87. The number of hydrogen-bond donors (Lipinski definition) is 1. The molecule has 0 bridgehead atoms. The molecule has 2 N–H and O–H groups in total. The Kier molecular flexibility index (Phi) is 4.00. The Bertz CT molecular complexity index is 520. The van der Waals surface area contributed by atoms with Gasteiger partial charge in [0.1, 0.15) is 0 Å². The van der Waals surface area contributed by atoms with Crippen LogP contribution in [0.5, 0.6) is 0 Å². The van der Waals surface area contributed by atoms with E-state index < -0.39 is 0 Å². The summed E-state index contributed by atoms with van der Waals surface area (Å²) in [6.07, 6.45) is 1.71. The lowest BCUT2D eigenvalue weighted by atomic mass is 9.98. The summed E-state index contributed by atoms with van der Waals surface area (Å²) in [5.74, 6) is 0.522. The van der Waals surface area contributed by atoms with Crippen molar-refractivity contribution in [1.82, 2.24) is 4.98 Å². The van der Waals surface area contributed by atoms with Gasteiger partial charge in [-0.15, -0.1) is 0 Å². The lowest BCUT2D eigenvalue weighted by molar-refractivity contribution is 0.821. The van der Waals surface area contributed by atoms with E-state index in [0.29, 0.717) is 10.9 Å². The maximum absolute atomic E-state index is 6.20. The first-order valence-corrected chi connectivity index (χ1v) is 6.43. The van der Waals surface area contributed by atoms with Gasteiger partial charge in [0.15, 0.2) is 0 Å². The van der Waals surface area contributed by atoms with E-state index in [9.17, 15) is 0 Å². The molecule has 2 nitrogen and oxygen atoms in total. The largest absolute Gasteiger partial charge is 0.319 e. The van der Waals surface area contributed by atoms with Gasteiger partial charge in [-0.25, -0.2) is 0 Å². The Morgan fingerprint density at radius 3 is 2.22 bits per heavy atom. The molecule has 0 fully saturated rings. The number of nitrogens with two attached hydrogens (primary N) is 1. The van der Waals surface area contributed by atoms with E-state index in [0.717, 1.165) is 11.3 Å². The van der Waals surface area contributed by atoms with Gasteiger partial charge in [0, 0.05) is 6.20 Å². The van der Waals surface area contributed by atoms with Crippen molar-refractivity contribution in [2.75, 3.05) is 0 Å². The van der Waals surface area contributed by atoms with Crippen molar-refractivity contribution in [3.8, 4) is 0 Å². The van der Waals surface area contributed by atoms with Crippen LogP contribution in [-0.4, -0.2) is 4.98 Å². The van der Waals surface area contributed by atoms with Crippen LogP contribution < -0.4 is 5.73 Å². The zero-order chi connectivity index (χ0) is 13.1. The van der Waals surface area contributed by atoms with Crippen LogP contribution in [0.3, 0.4) is 0 Å². The lowest BCUT2D eigenvalue weighted by Gasteiger charge is -2.14. The van der Waals surface area contributed by atoms with E-state index >= 15 is 0 Å². The standard InChI is InChI=1S/C15H17ClN2/c1-10(2)11-5-7-12(8-6-11)14(17)15-13(16)4-3-9-18-15/h3-10,14H,17H2,1-2H3. The predicted octanol–water partition coefficient (Wildman–Crippen LogP) is 3.91. The van der Waals surface area contributed by atoms with E-state index in [-0.39, 0.29) is 6.04 Å². The van der Waals surface area contributed by atoms with Crippen molar-refractivity contribution in [2.45, 2.75) is 25.8 Å². The molecule has 0 amide bonds. The van der Waals surface area contributed by atoms with Crippen LogP contribution in [0, 0.1) is 0 Å². The average Bonchev–Trinajstić information content (AvgIpc) is 2.38. The molecule has 3 heteroatoms. The summed E-state index contributed by atoms with van der Waals surface area (Å²) >= 11 is 6.11. The van der Waals surface area contributed by atoms with E-state index in [1.54, 1.807) is 12.3 Å². The normalized spacial score (nSPS) is 12.7. The Labute approximate surface area is 113 Å². The highest BCUT2D eigenvalue weighted by atomic mass is 35.5. The van der Waals surface area contributed by atoms with Crippen LogP contribution in [0.15, 0.2) is 42.6 Å². The molecule has 18 heavy (non-hydrogen) atoms. The Hall–Kier alpha value is -1.38. The van der Waals surface area contributed by atoms with Gasteiger partial charge >= 0.3 is 0 Å². The topological polar surface area (TPSA) is 38.9 Å². The first-order chi connectivity index (χ1) is 8.59. The monoisotopic (exact) mass is 260 g/mol. The second-order valence-corrected chi connectivity index (χ2v) is 5.08. The zero-order valence-corrected chi connectivity index (χ0v) is 11.4. The van der Waals surface area contributed by atoms with Gasteiger partial charge < -0.3 is 5.73 Å². The van der Waals surface area contributed by atoms with Gasteiger partial charge in [-0.05, 0) is 29.2 Å². The molecule has 0 aliphatic rings. The smallest absolute Gasteiger partial charge is 0.0802 e. The third-order valence-electron chi connectivity index (χ3n) is 3.04. The molecule has 0 spiro atoms. The molecule has 2 aromatic rings. The van der Waals surface area contributed by atoms with E-state index in [1.807, 2.05) is 18.2 Å². The van der Waals surface area contributed by atoms with Gasteiger partial charge in [0.2, 0.25) is 0 Å². The summed E-state index contributed by atoms with van der Waals surface area (Å²) in [6, 6.07) is 11.6. The van der Waals surface area contributed by atoms with Crippen molar-refractivity contribution in [2.24, 2.45) is 5.73 Å². The number of benzene rings is 1. The first-order valence-electron chi connectivity index (χ1n) is 6.05. The molecule has 1 aromatic carbocycles. The fourth-order valence-corrected chi connectivity index (χ4v) is 2.11. The molecule has 1 aromatic heterocycles. The summed E-state index contributed by atoms with van der Waals surface area (Å²) in [5, 5.41) is 0.609. The van der Waals surface area contributed by atoms with Crippen LogP contribution in [0.4, 0.5) is 0 Å². The zero-order valence-electron chi connectivity index (χ0n) is 10.6. The highest BCUT2D eigenvalue weighted by Gasteiger charge is 2.13. The van der Waals surface area contributed by atoms with Crippen LogP contribution in [0.1, 0.15) is 42.6 Å². The number of rotatable bonds is 3. The average molecular weight is 261 g/mol. The summed E-state index contributed by atoms with van der Waals surface area (Å²) in [4.78, 5) is 4.26. The van der Waals surface area contributed by atoms with Gasteiger partial charge in [0.05, 0.1) is 16.8 Å². The summed E-state index contributed by atoms with van der Waals surface area (Å²) in [5.41, 5.74) is 9.25. The molecular weight excluding hydrogens is 244 g/mol. The molecular formula is C15H17ClN2.